The van der Waals surface area contributed by atoms with Crippen LogP contribution in [0.25, 0.3) is 0 Å². The fourth-order valence-corrected chi connectivity index (χ4v) is 3.38. The van der Waals surface area contributed by atoms with Gasteiger partial charge >= 0.3 is 0 Å². The Hall–Kier alpha value is 0.250. The van der Waals surface area contributed by atoms with Gasteiger partial charge in [-0.15, -0.1) is 11.6 Å². The van der Waals surface area contributed by atoms with Gasteiger partial charge in [-0.3, -0.25) is 0 Å². The van der Waals surface area contributed by atoms with Gasteiger partial charge in [-0.1, -0.05) is 19.3 Å². The Morgan fingerprint density at radius 2 is 1.67 bits per heavy atom. The average Bonchev–Trinajstić information content (AvgIpc) is 2.50. The van der Waals surface area contributed by atoms with E-state index in [2.05, 4.69) is 0 Å². The van der Waals surface area contributed by atoms with Crippen LogP contribution in [0.2, 0.25) is 0 Å². The second-order valence-electron chi connectivity index (χ2n) is 4.42. The number of halogens is 1. The average molecular weight is 189 g/mol. The lowest BCUT2D eigenvalue weighted by Crippen LogP contribution is -2.42. The topological polar surface area (TPSA) is 20.2 Å². The maximum Gasteiger partial charge on any atom is 0.0759 e. The van der Waals surface area contributed by atoms with Gasteiger partial charge in [0.15, 0.2) is 0 Å². The molecule has 1 N–H and O–H groups in total. The van der Waals surface area contributed by atoms with Crippen molar-refractivity contribution >= 4 is 11.6 Å². The van der Waals surface area contributed by atoms with E-state index in [-0.39, 0.29) is 16.9 Å². The van der Waals surface area contributed by atoms with Gasteiger partial charge in [0.05, 0.1) is 11.5 Å². The van der Waals surface area contributed by atoms with Crippen LogP contribution in [0.5, 0.6) is 0 Å². The van der Waals surface area contributed by atoms with Gasteiger partial charge in [-0.25, -0.2) is 0 Å². The SMILES string of the molecule is OC1C(Cl)CCCC12CCCC2. The van der Waals surface area contributed by atoms with Crippen molar-refractivity contribution in [3.8, 4) is 0 Å². The van der Waals surface area contributed by atoms with Crippen molar-refractivity contribution in [2.75, 3.05) is 0 Å². The molecule has 0 bridgehead atoms. The van der Waals surface area contributed by atoms with E-state index in [1.165, 1.54) is 38.5 Å². The molecule has 2 aliphatic carbocycles. The van der Waals surface area contributed by atoms with Crippen molar-refractivity contribution in [1.29, 1.82) is 0 Å². The van der Waals surface area contributed by atoms with Gasteiger partial charge in [0, 0.05) is 0 Å². The molecule has 0 aromatic carbocycles. The largest absolute Gasteiger partial charge is 0.391 e. The first-order valence-corrected chi connectivity index (χ1v) is 5.50. The Balaban J connectivity index is 2.11. The van der Waals surface area contributed by atoms with Crippen LogP contribution in [-0.2, 0) is 0 Å². The highest BCUT2D eigenvalue weighted by Crippen LogP contribution is 2.50. The summed E-state index contributed by atoms with van der Waals surface area (Å²) in [6, 6.07) is 0. The van der Waals surface area contributed by atoms with E-state index < -0.39 is 0 Å². The molecule has 0 saturated heterocycles. The predicted octanol–water partition coefficient (Wildman–Crippen LogP) is 2.70. The van der Waals surface area contributed by atoms with Crippen LogP contribution in [0.4, 0.5) is 0 Å². The summed E-state index contributed by atoms with van der Waals surface area (Å²) in [5.41, 5.74) is 0.227. The first-order chi connectivity index (χ1) is 5.75. The van der Waals surface area contributed by atoms with Crippen molar-refractivity contribution in [2.45, 2.75) is 56.4 Å². The molecular weight excluding hydrogens is 172 g/mol. The molecule has 0 aliphatic heterocycles. The fraction of sp³-hybridized carbons (Fsp3) is 1.00. The van der Waals surface area contributed by atoms with Gasteiger partial charge in [0.1, 0.15) is 0 Å². The molecule has 0 aromatic rings. The molecule has 2 rings (SSSR count). The Kier molecular flexibility index (Phi) is 2.35. The summed E-state index contributed by atoms with van der Waals surface area (Å²) in [7, 11) is 0. The molecule has 1 nitrogen and oxygen atoms in total. The highest BCUT2D eigenvalue weighted by atomic mass is 35.5. The van der Waals surface area contributed by atoms with E-state index >= 15 is 0 Å². The summed E-state index contributed by atoms with van der Waals surface area (Å²) in [6.45, 7) is 0. The minimum atomic E-state index is -0.226. The number of hydrogen-bond acceptors (Lipinski definition) is 1. The lowest BCUT2D eigenvalue weighted by molar-refractivity contribution is -0.00391. The number of alkyl halides is 1. The van der Waals surface area contributed by atoms with Crippen LogP contribution >= 0.6 is 11.6 Å². The molecule has 0 radical (unpaired) electrons. The van der Waals surface area contributed by atoms with Crippen LogP contribution in [-0.4, -0.2) is 16.6 Å². The summed E-state index contributed by atoms with van der Waals surface area (Å²) in [4.78, 5) is 0. The molecular formula is C10H17ClO. The van der Waals surface area contributed by atoms with Gasteiger partial charge < -0.3 is 5.11 Å². The smallest absolute Gasteiger partial charge is 0.0759 e. The van der Waals surface area contributed by atoms with E-state index in [1.807, 2.05) is 0 Å². The third-order valence-corrected chi connectivity index (χ3v) is 4.18. The van der Waals surface area contributed by atoms with Gasteiger partial charge in [-0.05, 0) is 31.1 Å². The Bertz CT molecular complexity index is 163. The minimum absolute atomic E-state index is 0.0249. The van der Waals surface area contributed by atoms with Crippen molar-refractivity contribution in [1.82, 2.24) is 0 Å². The molecule has 2 saturated carbocycles. The Morgan fingerprint density at radius 3 is 2.33 bits per heavy atom. The lowest BCUT2D eigenvalue weighted by atomic mass is 9.70. The van der Waals surface area contributed by atoms with Crippen LogP contribution in [0.15, 0.2) is 0 Å². The van der Waals surface area contributed by atoms with E-state index in [9.17, 15) is 5.11 Å². The molecule has 70 valence electrons. The first kappa shape index (κ1) is 8.83. The zero-order chi connectivity index (χ0) is 8.60. The monoisotopic (exact) mass is 188 g/mol. The van der Waals surface area contributed by atoms with Gasteiger partial charge in [0.2, 0.25) is 0 Å². The number of rotatable bonds is 0. The summed E-state index contributed by atoms with van der Waals surface area (Å²) < 4.78 is 0. The molecule has 2 atom stereocenters. The summed E-state index contributed by atoms with van der Waals surface area (Å²) in [5, 5.41) is 10.0. The second kappa shape index (κ2) is 3.19. The van der Waals surface area contributed by atoms with Crippen molar-refractivity contribution in [3.63, 3.8) is 0 Å². The standard InChI is InChI=1S/C10H17ClO/c11-8-4-3-7-10(9(8)12)5-1-2-6-10/h8-9,12H,1-7H2. The van der Waals surface area contributed by atoms with E-state index in [4.69, 9.17) is 11.6 Å². The van der Waals surface area contributed by atoms with Crippen molar-refractivity contribution < 1.29 is 5.11 Å². The molecule has 1 spiro atoms. The summed E-state index contributed by atoms with van der Waals surface area (Å²) >= 11 is 6.09. The maximum atomic E-state index is 10.00. The van der Waals surface area contributed by atoms with Gasteiger partial charge in [0.25, 0.3) is 0 Å². The summed E-state index contributed by atoms with van der Waals surface area (Å²) in [6.07, 6.45) is 8.19. The van der Waals surface area contributed by atoms with Crippen molar-refractivity contribution in [3.05, 3.63) is 0 Å². The normalized spacial score (nSPS) is 40.5. The zero-order valence-electron chi connectivity index (χ0n) is 7.43. The molecule has 2 fully saturated rings. The third kappa shape index (κ3) is 1.27. The molecule has 12 heavy (non-hydrogen) atoms. The predicted molar refractivity (Wildman–Crippen MR) is 50.4 cm³/mol. The first-order valence-electron chi connectivity index (χ1n) is 5.07. The second-order valence-corrected chi connectivity index (χ2v) is 4.98. The van der Waals surface area contributed by atoms with Crippen LogP contribution in [0.3, 0.4) is 0 Å². The number of aliphatic hydroxyl groups is 1. The Morgan fingerprint density at radius 1 is 1.08 bits per heavy atom. The highest BCUT2D eigenvalue weighted by molar-refractivity contribution is 6.21. The lowest BCUT2D eigenvalue weighted by Gasteiger charge is -2.41. The van der Waals surface area contributed by atoms with Crippen LogP contribution in [0, 0.1) is 5.41 Å². The minimum Gasteiger partial charge on any atom is -0.391 e. The molecule has 2 heteroatoms. The molecule has 2 unspecified atom stereocenters. The van der Waals surface area contributed by atoms with E-state index in [0.717, 1.165) is 6.42 Å². The molecule has 0 amide bonds. The molecule has 0 aromatic heterocycles. The van der Waals surface area contributed by atoms with Crippen LogP contribution in [0.1, 0.15) is 44.9 Å². The molecule has 0 heterocycles. The quantitative estimate of drug-likeness (QED) is 0.580. The fourth-order valence-electron chi connectivity index (χ4n) is 2.96. The summed E-state index contributed by atoms with van der Waals surface area (Å²) in [5.74, 6) is 0. The third-order valence-electron chi connectivity index (χ3n) is 3.72. The number of hydrogen-bond donors (Lipinski definition) is 1. The van der Waals surface area contributed by atoms with E-state index in [0.29, 0.717) is 0 Å². The maximum absolute atomic E-state index is 10.00. The van der Waals surface area contributed by atoms with Crippen LogP contribution < -0.4 is 0 Å². The zero-order valence-corrected chi connectivity index (χ0v) is 8.19. The van der Waals surface area contributed by atoms with E-state index in [1.54, 1.807) is 0 Å². The highest BCUT2D eigenvalue weighted by Gasteiger charge is 2.45. The van der Waals surface area contributed by atoms with Crippen molar-refractivity contribution in [2.24, 2.45) is 5.41 Å². The number of aliphatic hydroxyl groups excluding tert-OH is 1. The van der Waals surface area contributed by atoms with Gasteiger partial charge in [-0.2, -0.15) is 0 Å². The molecule has 2 aliphatic rings. The Labute approximate surface area is 79.1 Å².